The first-order valence-corrected chi connectivity index (χ1v) is 15.9. The molecule has 4 heterocycles. The summed E-state index contributed by atoms with van der Waals surface area (Å²) < 4.78 is 10.7. The molecule has 4 aliphatic heterocycles. The summed E-state index contributed by atoms with van der Waals surface area (Å²) in [6.45, 7) is 3.44. The summed E-state index contributed by atoms with van der Waals surface area (Å²) in [4.78, 5) is 48.8. The Balaban J connectivity index is 0.000000168. The van der Waals surface area contributed by atoms with Crippen LogP contribution in [-0.2, 0) is 28.7 Å². The summed E-state index contributed by atoms with van der Waals surface area (Å²) in [6, 6.07) is 0. The lowest BCUT2D eigenvalue weighted by Crippen LogP contribution is -2.80. The zero-order valence-corrected chi connectivity index (χ0v) is 25.5. The van der Waals surface area contributed by atoms with Crippen molar-refractivity contribution in [2.45, 2.75) is 99.7 Å². The molecule has 4 N–H and O–H groups in total. The van der Waals surface area contributed by atoms with Crippen molar-refractivity contribution in [1.29, 1.82) is 0 Å². The van der Waals surface area contributed by atoms with Gasteiger partial charge in [-0.1, -0.05) is 24.3 Å². The van der Waals surface area contributed by atoms with E-state index in [0.29, 0.717) is 24.6 Å². The number of carbonyl (C=O) groups is 4. The summed E-state index contributed by atoms with van der Waals surface area (Å²) in [5, 5.41) is 27.1. The maximum absolute atomic E-state index is 12.2. The number of amides is 2. The molecule has 10 nitrogen and oxygen atoms in total. The molecule has 232 valence electrons. The number of rotatable bonds is 8. The highest BCUT2D eigenvalue weighted by Gasteiger charge is 2.80. The fourth-order valence-corrected chi connectivity index (χ4v) is 8.42. The molecule has 0 unspecified atom stereocenters. The van der Waals surface area contributed by atoms with Gasteiger partial charge in [0.15, 0.2) is 11.2 Å². The standard InChI is InChI=1S/2C15H20ClNO4/c2*1-14-10(7-8-16)12(19)17-15(14,13(20)21-14)11(18)9-5-3-2-4-6-9/h2*3,5,9-11,18H,2,4,6-8H2,1H3,(H,17,19)/t9-,10+,11+,14+,15+;9-,10+,11-,14+,15+/m11/s1. The van der Waals surface area contributed by atoms with E-state index in [1.807, 2.05) is 24.3 Å². The molecule has 42 heavy (non-hydrogen) atoms. The Hall–Kier alpha value is -2.14. The molecule has 2 amide bonds. The second-order valence-electron chi connectivity index (χ2n) is 12.6. The van der Waals surface area contributed by atoms with Gasteiger partial charge in [-0.15, -0.1) is 23.2 Å². The minimum Gasteiger partial charge on any atom is -0.453 e. The first kappa shape index (κ1) is 31.3. The van der Waals surface area contributed by atoms with Crippen molar-refractivity contribution in [3.05, 3.63) is 24.3 Å². The van der Waals surface area contributed by atoms with Crippen molar-refractivity contribution in [2.24, 2.45) is 23.7 Å². The number of ether oxygens (including phenoxy) is 2. The lowest BCUT2D eigenvalue weighted by Gasteiger charge is -2.54. The van der Waals surface area contributed by atoms with Crippen molar-refractivity contribution >= 4 is 47.0 Å². The number of halogens is 2. The van der Waals surface area contributed by atoms with Gasteiger partial charge in [0.25, 0.3) is 0 Å². The molecule has 0 spiro atoms. The van der Waals surface area contributed by atoms with Gasteiger partial charge in [-0.25, -0.2) is 9.59 Å². The van der Waals surface area contributed by atoms with Crippen LogP contribution in [0.15, 0.2) is 24.3 Å². The van der Waals surface area contributed by atoms with Crippen molar-refractivity contribution in [3.8, 4) is 0 Å². The summed E-state index contributed by atoms with van der Waals surface area (Å²) in [7, 11) is 0. The van der Waals surface area contributed by atoms with E-state index in [1.54, 1.807) is 13.8 Å². The highest BCUT2D eigenvalue weighted by molar-refractivity contribution is 6.18. The molecule has 0 aromatic carbocycles. The minimum absolute atomic E-state index is 0.138. The van der Waals surface area contributed by atoms with Gasteiger partial charge >= 0.3 is 11.9 Å². The quantitative estimate of drug-likeness (QED) is 0.182. The van der Waals surface area contributed by atoms with Crippen molar-refractivity contribution in [1.82, 2.24) is 10.6 Å². The van der Waals surface area contributed by atoms with E-state index in [0.717, 1.165) is 38.5 Å². The van der Waals surface area contributed by atoms with Gasteiger partial charge in [-0.05, 0) is 65.2 Å². The van der Waals surface area contributed by atoms with Gasteiger partial charge in [0, 0.05) is 23.6 Å². The third-order valence-corrected chi connectivity index (χ3v) is 10.9. The number of esters is 2. The molecule has 0 aromatic rings. The molecular weight excluding hydrogens is 587 g/mol. The molecule has 0 bridgehead atoms. The van der Waals surface area contributed by atoms with Crippen LogP contribution in [0.3, 0.4) is 0 Å². The van der Waals surface area contributed by atoms with Crippen molar-refractivity contribution in [3.63, 3.8) is 0 Å². The van der Waals surface area contributed by atoms with E-state index in [2.05, 4.69) is 10.6 Å². The Bertz CT molecular complexity index is 1110. The Morgan fingerprint density at radius 1 is 0.786 bits per heavy atom. The maximum atomic E-state index is 12.2. The fraction of sp³-hybridized carbons (Fsp3) is 0.733. The van der Waals surface area contributed by atoms with Crippen LogP contribution in [0.5, 0.6) is 0 Å². The van der Waals surface area contributed by atoms with Gasteiger partial charge in [0.2, 0.25) is 22.9 Å². The van der Waals surface area contributed by atoms with E-state index < -0.39 is 58.3 Å². The second kappa shape index (κ2) is 11.4. The summed E-state index contributed by atoms with van der Waals surface area (Å²) >= 11 is 11.5. The largest absolute Gasteiger partial charge is 0.453 e. The van der Waals surface area contributed by atoms with Gasteiger partial charge in [0.1, 0.15) is 0 Å². The number of hydrogen-bond donors (Lipinski definition) is 4. The highest BCUT2D eigenvalue weighted by atomic mass is 35.5. The number of fused-ring (bicyclic) bond motifs is 2. The van der Waals surface area contributed by atoms with Crippen LogP contribution in [0.2, 0.25) is 0 Å². The number of carbonyl (C=O) groups excluding carboxylic acids is 4. The molecule has 10 atom stereocenters. The predicted octanol–water partition coefficient (Wildman–Crippen LogP) is 2.27. The number of nitrogens with one attached hydrogen (secondary N) is 2. The normalized spacial score (nSPS) is 42.8. The van der Waals surface area contributed by atoms with E-state index in [4.69, 9.17) is 32.7 Å². The molecule has 0 radical (unpaired) electrons. The first-order valence-electron chi connectivity index (χ1n) is 14.9. The van der Waals surface area contributed by atoms with E-state index in [-0.39, 0.29) is 23.7 Å². The Morgan fingerprint density at radius 3 is 1.45 bits per heavy atom. The van der Waals surface area contributed by atoms with Crippen LogP contribution in [0.4, 0.5) is 0 Å². The number of aliphatic hydroxyl groups excluding tert-OH is 2. The van der Waals surface area contributed by atoms with Gasteiger partial charge in [0.05, 0.1) is 24.0 Å². The number of alkyl halides is 2. The van der Waals surface area contributed by atoms with E-state index in [1.165, 1.54) is 0 Å². The second-order valence-corrected chi connectivity index (χ2v) is 13.3. The number of hydrogen-bond acceptors (Lipinski definition) is 8. The van der Waals surface area contributed by atoms with Gasteiger partial charge < -0.3 is 30.3 Å². The van der Waals surface area contributed by atoms with E-state index >= 15 is 0 Å². The lowest BCUT2D eigenvalue weighted by molar-refractivity contribution is -0.239. The van der Waals surface area contributed by atoms with Crippen LogP contribution in [0, 0.1) is 23.7 Å². The molecule has 6 aliphatic rings. The molecule has 2 aliphatic carbocycles. The van der Waals surface area contributed by atoms with Gasteiger partial charge in [-0.2, -0.15) is 0 Å². The van der Waals surface area contributed by atoms with Crippen LogP contribution in [0.1, 0.15) is 65.2 Å². The predicted molar refractivity (Wildman–Crippen MR) is 153 cm³/mol. The minimum atomic E-state index is -1.33. The molecular formula is C30H40Cl2N2O8. The number of aliphatic hydroxyl groups is 2. The Morgan fingerprint density at radius 2 is 1.17 bits per heavy atom. The monoisotopic (exact) mass is 626 g/mol. The summed E-state index contributed by atoms with van der Waals surface area (Å²) in [5.74, 6) is -2.28. The highest BCUT2D eigenvalue weighted by Crippen LogP contribution is 2.54. The van der Waals surface area contributed by atoms with Crippen molar-refractivity contribution < 1.29 is 38.9 Å². The Labute approximate surface area is 255 Å². The summed E-state index contributed by atoms with van der Waals surface area (Å²) in [5.41, 5.74) is -4.68. The topological polar surface area (TPSA) is 151 Å². The maximum Gasteiger partial charge on any atom is 0.339 e. The molecule has 12 heteroatoms. The van der Waals surface area contributed by atoms with E-state index in [9.17, 15) is 29.4 Å². The molecule has 0 aromatic heterocycles. The Kier molecular flexibility index (Phi) is 8.50. The lowest BCUT2D eigenvalue weighted by atomic mass is 9.64. The molecule has 4 saturated heterocycles. The SMILES string of the molecule is C[C@@]12OC(=O)[C@]1([C@@H](O)[C@@H]1C=CCCC1)NC(=O)[C@@H]2CCCl.C[C@@]12OC(=O)[C@]1([C@H](O)[C@@H]1C=CCCC1)NC(=O)[C@@H]2CCCl. The number of allylic oxidation sites excluding steroid dienone is 2. The van der Waals surface area contributed by atoms with Crippen LogP contribution < -0.4 is 10.6 Å². The van der Waals surface area contributed by atoms with Crippen LogP contribution >= 0.6 is 23.2 Å². The third kappa shape index (κ3) is 4.26. The molecule has 6 rings (SSSR count). The summed E-state index contributed by atoms with van der Waals surface area (Å²) in [6.07, 6.45) is 12.3. The van der Waals surface area contributed by atoms with Crippen LogP contribution in [0.25, 0.3) is 0 Å². The average Bonchev–Trinajstić information content (AvgIpc) is 3.27. The third-order valence-electron chi connectivity index (χ3n) is 10.5. The van der Waals surface area contributed by atoms with Gasteiger partial charge in [-0.3, -0.25) is 9.59 Å². The van der Waals surface area contributed by atoms with Crippen molar-refractivity contribution in [2.75, 3.05) is 11.8 Å². The smallest absolute Gasteiger partial charge is 0.339 e. The average molecular weight is 628 g/mol. The fourth-order valence-electron chi connectivity index (χ4n) is 7.98. The molecule has 0 saturated carbocycles. The zero-order chi connectivity index (χ0) is 30.5. The first-order chi connectivity index (χ1) is 19.9. The van der Waals surface area contributed by atoms with Crippen LogP contribution in [-0.4, -0.2) is 80.2 Å². The zero-order valence-electron chi connectivity index (χ0n) is 23.9. The molecule has 4 fully saturated rings.